The number of unbranched alkanes of at least 4 members (excludes halogenated alkanes) is 2. The van der Waals surface area contributed by atoms with Crippen molar-refractivity contribution in [3.8, 4) is 9.85 Å². The van der Waals surface area contributed by atoms with Crippen LogP contribution in [0.1, 0.15) is 36.5 Å². The van der Waals surface area contributed by atoms with Crippen molar-refractivity contribution in [2.45, 2.75) is 26.2 Å². The van der Waals surface area contributed by atoms with Gasteiger partial charge in [-0.15, -0.1) is 0 Å². The first-order chi connectivity index (χ1) is 7.83. The van der Waals surface area contributed by atoms with Crippen molar-refractivity contribution >= 4 is 26.2 Å². The molecule has 0 aromatic heterocycles. The third kappa shape index (κ3) is 2.38. The normalized spacial score (nSPS) is 15.1. The molecule has 1 aliphatic heterocycles. The molecule has 3 heteroatoms. The topological polar surface area (TPSA) is 26.3 Å². The van der Waals surface area contributed by atoms with Gasteiger partial charge in [-0.1, -0.05) is 0 Å². The van der Waals surface area contributed by atoms with Crippen LogP contribution in [-0.4, -0.2) is 5.97 Å². The van der Waals surface area contributed by atoms with Gasteiger partial charge in [0.15, 0.2) is 0 Å². The van der Waals surface area contributed by atoms with Gasteiger partial charge in [-0.25, -0.2) is 0 Å². The van der Waals surface area contributed by atoms with Gasteiger partial charge in [0.05, 0.1) is 0 Å². The Bertz CT molecular complexity index is 456. The fraction of sp³-hybridized carbons (Fsp3) is 0.308. The van der Waals surface area contributed by atoms with Crippen LogP contribution in [0.4, 0.5) is 0 Å². The van der Waals surface area contributed by atoms with E-state index in [-0.39, 0.29) is 5.97 Å². The molecule has 0 aliphatic carbocycles. The van der Waals surface area contributed by atoms with Gasteiger partial charge in [-0.2, -0.15) is 0 Å². The molecule has 1 aromatic carbocycles. The third-order valence-electron chi connectivity index (χ3n) is 2.23. The standard InChI is InChI=1S/C13H13IO2/c1-2-3-4-7-10-14-12-9-6-5-8-11(12)13(15)16-14/h5-6,8-9H,2-4H2,1H3. The molecule has 0 atom stereocenters. The van der Waals surface area contributed by atoms with Gasteiger partial charge in [0.2, 0.25) is 0 Å². The molecule has 0 amide bonds. The molecule has 2 nitrogen and oxygen atoms in total. The molecule has 0 saturated carbocycles. The first kappa shape index (κ1) is 11.5. The molecule has 16 heavy (non-hydrogen) atoms. The van der Waals surface area contributed by atoms with Crippen LogP contribution < -0.4 is 0 Å². The van der Waals surface area contributed by atoms with E-state index in [1.165, 1.54) is 0 Å². The molecule has 0 saturated heterocycles. The SMILES string of the molecule is CCCCC#CI1OC(=O)c2ccccc21. The van der Waals surface area contributed by atoms with Crippen molar-refractivity contribution in [2.24, 2.45) is 0 Å². The summed E-state index contributed by atoms with van der Waals surface area (Å²) in [4.78, 5) is 11.5. The Kier molecular flexibility index (Phi) is 3.83. The Hall–Kier alpha value is -1.02. The monoisotopic (exact) mass is 328 g/mol. The third-order valence-corrected chi connectivity index (χ3v) is 5.94. The Morgan fingerprint density at radius 2 is 2.19 bits per heavy atom. The quantitative estimate of drug-likeness (QED) is 0.471. The molecule has 84 valence electrons. The number of carbonyl (C=O) groups excluding carboxylic acids is 1. The van der Waals surface area contributed by atoms with E-state index in [0.29, 0.717) is 0 Å². The van der Waals surface area contributed by atoms with Gasteiger partial charge in [0.25, 0.3) is 0 Å². The Morgan fingerprint density at radius 3 is 3.00 bits per heavy atom. The number of fused-ring (bicyclic) bond motifs is 1. The van der Waals surface area contributed by atoms with Crippen LogP contribution in [0.25, 0.3) is 0 Å². The summed E-state index contributed by atoms with van der Waals surface area (Å²) in [6, 6.07) is 7.60. The Morgan fingerprint density at radius 1 is 1.38 bits per heavy atom. The van der Waals surface area contributed by atoms with Crippen LogP contribution in [0, 0.1) is 13.4 Å². The van der Waals surface area contributed by atoms with Gasteiger partial charge >= 0.3 is 103 Å². The van der Waals surface area contributed by atoms with Gasteiger partial charge in [-0.05, 0) is 0 Å². The molecule has 1 aliphatic rings. The van der Waals surface area contributed by atoms with Crippen LogP contribution >= 0.6 is 20.2 Å². The van der Waals surface area contributed by atoms with Gasteiger partial charge < -0.3 is 0 Å². The van der Waals surface area contributed by atoms with Crippen LogP contribution in [0.3, 0.4) is 0 Å². The number of carbonyl (C=O) groups is 1. The predicted octanol–water partition coefficient (Wildman–Crippen LogP) is 3.60. The van der Waals surface area contributed by atoms with Crippen molar-refractivity contribution in [3.63, 3.8) is 0 Å². The summed E-state index contributed by atoms with van der Waals surface area (Å²) >= 11 is -1.97. The summed E-state index contributed by atoms with van der Waals surface area (Å²) in [6.45, 7) is 2.14. The van der Waals surface area contributed by atoms with E-state index in [1.807, 2.05) is 24.3 Å². The summed E-state index contributed by atoms with van der Waals surface area (Å²) in [5.74, 6) is 2.94. The summed E-state index contributed by atoms with van der Waals surface area (Å²) in [6.07, 6.45) is 3.18. The molecule has 1 aromatic rings. The van der Waals surface area contributed by atoms with E-state index in [9.17, 15) is 4.79 Å². The number of halogens is 1. The number of rotatable bonds is 2. The first-order valence-corrected chi connectivity index (χ1v) is 8.37. The minimum absolute atomic E-state index is 0.189. The molecule has 0 unspecified atom stereocenters. The molecule has 1 heterocycles. The molecular formula is C13H13IO2. The second-order valence-electron chi connectivity index (χ2n) is 3.47. The second kappa shape index (κ2) is 5.35. The number of hydrogen-bond acceptors (Lipinski definition) is 2. The van der Waals surface area contributed by atoms with Crippen molar-refractivity contribution in [1.29, 1.82) is 0 Å². The molecule has 2 rings (SSSR count). The fourth-order valence-corrected chi connectivity index (χ4v) is 4.73. The molecule has 0 fully saturated rings. The Balaban J connectivity index is 2.14. The summed E-state index contributed by atoms with van der Waals surface area (Å²) in [5, 5.41) is 0. The van der Waals surface area contributed by atoms with Crippen LogP contribution in [0.2, 0.25) is 0 Å². The van der Waals surface area contributed by atoms with Crippen molar-refractivity contribution in [2.75, 3.05) is 0 Å². The van der Waals surface area contributed by atoms with E-state index in [4.69, 9.17) is 3.07 Å². The van der Waals surface area contributed by atoms with Gasteiger partial charge in [0, 0.05) is 0 Å². The minimum atomic E-state index is -1.97. The summed E-state index contributed by atoms with van der Waals surface area (Å²) in [5.41, 5.74) is 0.720. The van der Waals surface area contributed by atoms with Gasteiger partial charge in [-0.3, -0.25) is 0 Å². The number of benzene rings is 1. The predicted molar refractivity (Wildman–Crippen MR) is 71.9 cm³/mol. The van der Waals surface area contributed by atoms with Crippen molar-refractivity contribution < 1.29 is 7.86 Å². The van der Waals surface area contributed by atoms with E-state index < -0.39 is 20.2 Å². The van der Waals surface area contributed by atoms with Crippen LogP contribution in [0.15, 0.2) is 24.3 Å². The zero-order valence-corrected chi connectivity index (χ0v) is 11.3. The van der Waals surface area contributed by atoms with Crippen molar-refractivity contribution in [1.82, 2.24) is 0 Å². The molecule has 0 N–H and O–H groups in total. The van der Waals surface area contributed by atoms with E-state index in [1.54, 1.807) is 0 Å². The maximum absolute atomic E-state index is 11.5. The van der Waals surface area contributed by atoms with Gasteiger partial charge in [0.1, 0.15) is 0 Å². The molecule has 0 radical (unpaired) electrons. The summed E-state index contributed by atoms with van der Waals surface area (Å²) < 4.78 is 9.58. The van der Waals surface area contributed by atoms with Crippen LogP contribution in [-0.2, 0) is 3.07 Å². The zero-order valence-electron chi connectivity index (χ0n) is 9.13. The van der Waals surface area contributed by atoms with E-state index in [2.05, 4.69) is 16.8 Å². The summed E-state index contributed by atoms with van der Waals surface area (Å²) in [7, 11) is 0. The molecule has 0 spiro atoms. The Labute approximate surface area is 103 Å². The van der Waals surface area contributed by atoms with E-state index >= 15 is 0 Å². The fourth-order valence-electron chi connectivity index (χ4n) is 1.37. The average Bonchev–Trinajstić information content (AvgIpc) is 2.63. The van der Waals surface area contributed by atoms with Crippen LogP contribution in [0.5, 0.6) is 0 Å². The maximum atomic E-state index is 11.5. The average molecular weight is 328 g/mol. The molecular weight excluding hydrogens is 315 g/mol. The van der Waals surface area contributed by atoms with Crippen molar-refractivity contribution in [3.05, 3.63) is 33.4 Å². The van der Waals surface area contributed by atoms with E-state index in [0.717, 1.165) is 28.4 Å². The number of hydrogen-bond donors (Lipinski definition) is 0. The first-order valence-electron chi connectivity index (χ1n) is 5.33. The zero-order chi connectivity index (χ0) is 11.4. The molecule has 0 bridgehead atoms. The second-order valence-corrected chi connectivity index (χ2v) is 7.03.